The summed E-state index contributed by atoms with van der Waals surface area (Å²) in [4.78, 5) is 11.8. The zero-order chi connectivity index (χ0) is 14.1. The highest BCUT2D eigenvalue weighted by molar-refractivity contribution is 5.92. The number of rotatable bonds is 3. The number of carbonyl (C=O) groups excluding carboxylic acids is 1. The van der Waals surface area contributed by atoms with Gasteiger partial charge in [-0.3, -0.25) is 4.79 Å². The quantitative estimate of drug-likeness (QED) is 0.765. The lowest BCUT2D eigenvalue weighted by Gasteiger charge is -2.09. The van der Waals surface area contributed by atoms with Crippen molar-refractivity contribution in [2.24, 2.45) is 5.73 Å². The maximum Gasteiger partial charge on any atom is 0.225 e. The highest BCUT2D eigenvalue weighted by Gasteiger charge is 2.18. The summed E-state index contributed by atoms with van der Waals surface area (Å²) < 4.78 is 0. The number of anilines is 1. The van der Waals surface area contributed by atoms with E-state index in [0.717, 1.165) is 12.1 Å². The second-order valence-electron chi connectivity index (χ2n) is 5.44. The van der Waals surface area contributed by atoms with Crippen LogP contribution in [0.15, 0.2) is 42.5 Å². The maximum atomic E-state index is 11.8. The molecule has 3 nitrogen and oxygen atoms in total. The molecule has 0 aromatic heterocycles. The van der Waals surface area contributed by atoms with Crippen molar-refractivity contribution in [2.45, 2.75) is 25.8 Å². The van der Waals surface area contributed by atoms with E-state index in [4.69, 9.17) is 5.73 Å². The monoisotopic (exact) mass is 266 g/mol. The van der Waals surface area contributed by atoms with Crippen molar-refractivity contribution >= 4 is 11.6 Å². The molecule has 1 aliphatic rings. The Morgan fingerprint density at radius 2 is 1.95 bits per heavy atom. The van der Waals surface area contributed by atoms with Crippen molar-refractivity contribution < 1.29 is 4.79 Å². The highest BCUT2D eigenvalue weighted by atomic mass is 16.1. The Bertz CT molecular complexity index is 662. The number of amides is 1. The number of benzene rings is 2. The average Bonchev–Trinajstić information content (AvgIpc) is 2.75. The van der Waals surface area contributed by atoms with E-state index < -0.39 is 0 Å². The van der Waals surface area contributed by atoms with Crippen LogP contribution in [0.3, 0.4) is 0 Å². The molecular formula is C17H18N2O. The van der Waals surface area contributed by atoms with Gasteiger partial charge in [-0.05, 0) is 47.7 Å². The van der Waals surface area contributed by atoms with Crippen LogP contribution in [-0.2, 0) is 11.2 Å². The predicted molar refractivity (Wildman–Crippen MR) is 81.6 cm³/mol. The largest absolute Gasteiger partial charge is 0.327 e. The molecule has 0 aliphatic heterocycles. The summed E-state index contributed by atoms with van der Waals surface area (Å²) in [5.74, 6) is -0.0320. The predicted octanol–water partition coefficient (Wildman–Crippen LogP) is 2.93. The summed E-state index contributed by atoms with van der Waals surface area (Å²) in [6.07, 6.45) is 1.28. The van der Waals surface area contributed by atoms with Gasteiger partial charge in [-0.25, -0.2) is 0 Å². The van der Waals surface area contributed by atoms with Gasteiger partial charge in [0.1, 0.15) is 0 Å². The number of carbonyl (C=O) groups is 1. The summed E-state index contributed by atoms with van der Waals surface area (Å²) in [5.41, 5.74) is 11.7. The lowest BCUT2D eigenvalue weighted by atomic mass is 10.1. The fourth-order valence-electron chi connectivity index (χ4n) is 2.73. The molecular weight excluding hydrogens is 248 g/mol. The molecule has 0 saturated heterocycles. The molecule has 0 spiro atoms. The van der Waals surface area contributed by atoms with Gasteiger partial charge in [0.25, 0.3) is 0 Å². The Hall–Kier alpha value is -2.13. The Morgan fingerprint density at radius 3 is 2.75 bits per heavy atom. The van der Waals surface area contributed by atoms with Crippen LogP contribution in [0, 0.1) is 0 Å². The van der Waals surface area contributed by atoms with E-state index in [9.17, 15) is 4.79 Å². The molecule has 0 radical (unpaired) electrons. The Kier molecular flexibility index (Phi) is 3.28. The van der Waals surface area contributed by atoms with Crippen molar-refractivity contribution in [3.63, 3.8) is 0 Å². The second kappa shape index (κ2) is 5.10. The van der Waals surface area contributed by atoms with E-state index in [1.54, 1.807) is 0 Å². The van der Waals surface area contributed by atoms with Gasteiger partial charge in [0.05, 0.1) is 0 Å². The standard InChI is InChI=1S/C17H18N2O/c1-11(18)8-17(20)19-14-6-7-16-13(10-14)9-12-4-2-3-5-15(12)16/h2-7,10-11H,8-9,18H2,1H3,(H,19,20). The molecule has 102 valence electrons. The minimum Gasteiger partial charge on any atom is -0.327 e. The zero-order valence-corrected chi connectivity index (χ0v) is 11.5. The van der Waals surface area contributed by atoms with Crippen molar-refractivity contribution in [2.75, 3.05) is 5.32 Å². The van der Waals surface area contributed by atoms with Crippen LogP contribution in [0.4, 0.5) is 5.69 Å². The van der Waals surface area contributed by atoms with Gasteiger partial charge in [-0.15, -0.1) is 0 Å². The molecule has 3 N–H and O–H groups in total. The fourth-order valence-corrected chi connectivity index (χ4v) is 2.73. The molecule has 3 rings (SSSR count). The first-order valence-corrected chi connectivity index (χ1v) is 6.90. The van der Waals surface area contributed by atoms with Gasteiger partial charge in [-0.2, -0.15) is 0 Å². The number of hydrogen-bond acceptors (Lipinski definition) is 2. The van der Waals surface area contributed by atoms with Gasteiger partial charge in [0.2, 0.25) is 5.91 Å². The van der Waals surface area contributed by atoms with E-state index in [1.165, 1.54) is 22.3 Å². The Labute approximate surface area is 118 Å². The number of nitrogens with two attached hydrogens (primary N) is 1. The van der Waals surface area contributed by atoms with Gasteiger partial charge >= 0.3 is 0 Å². The van der Waals surface area contributed by atoms with Crippen LogP contribution < -0.4 is 11.1 Å². The summed E-state index contributed by atoms with van der Waals surface area (Å²) in [7, 11) is 0. The summed E-state index contributed by atoms with van der Waals surface area (Å²) in [6, 6.07) is 14.4. The van der Waals surface area contributed by atoms with Crippen LogP contribution in [0.25, 0.3) is 11.1 Å². The lowest BCUT2D eigenvalue weighted by molar-refractivity contribution is -0.116. The van der Waals surface area contributed by atoms with E-state index >= 15 is 0 Å². The topological polar surface area (TPSA) is 55.1 Å². The minimum absolute atomic E-state index is 0.0320. The smallest absolute Gasteiger partial charge is 0.225 e. The first kappa shape index (κ1) is 12.9. The Balaban J connectivity index is 1.82. The van der Waals surface area contributed by atoms with Crippen LogP contribution in [0.1, 0.15) is 24.5 Å². The van der Waals surface area contributed by atoms with Crippen molar-refractivity contribution in [3.05, 3.63) is 53.6 Å². The molecule has 1 aliphatic carbocycles. The molecule has 20 heavy (non-hydrogen) atoms. The number of nitrogens with one attached hydrogen (secondary N) is 1. The summed E-state index contributed by atoms with van der Waals surface area (Å²) in [5, 5.41) is 2.91. The minimum atomic E-state index is -0.117. The molecule has 2 aromatic carbocycles. The van der Waals surface area contributed by atoms with Gasteiger partial charge in [0, 0.05) is 18.2 Å². The van der Waals surface area contributed by atoms with Gasteiger partial charge in [0.15, 0.2) is 0 Å². The molecule has 1 amide bonds. The zero-order valence-electron chi connectivity index (χ0n) is 11.5. The second-order valence-corrected chi connectivity index (χ2v) is 5.44. The van der Waals surface area contributed by atoms with Gasteiger partial charge < -0.3 is 11.1 Å². The first-order valence-electron chi connectivity index (χ1n) is 6.90. The normalized spacial score (nSPS) is 13.5. The van der Waals surface area contributed by atoms with Gasteiger partial charge in [-0.1, -0.05) is 30.3 Å². The van der Waals surface area contributed by atoms with Crippen LogP contribution in [0.2, 0.25) is 0 Å². The van der Waals surface area contributed by atoms with Crippen molar-refractivity contribution in [1.82, 2.24) is 0 Å². The number of fused-ring (bicyclic) bond motifs is 3. The number of hydrogen-bond donors (Lipinski definition) is 2. The van der Waals surface area contributed by atoms with E-state index in [0.29, 0.717) is 6.42 Å². The van der Waals surface area contributed by atoms with Crippen LogP contribution >= 0.6 is 0 Å². The third-order valence-electron chi connectivity index (χ3n) is 3.58. The molecule has 2 aromatic rings. The third kappa shape index (κ3) is 2.45. The average molecular weight is 266 g/mol. The maximum absolute atomic E-state index is 11.8. The van der Waals surface area contributed by atoms with Crippen molar-refractivity contribution in [1.29, 1.82) is 0 Å². The van der Waals surface area contributed by atoms with Crippen molar-refractivity contribution in [3.8, 4) is 11.1 Å². The van der Waals surface area contributed by atoms with E-state index in [1.807, 2.05) is 13.0 Å². The summed E-state index contributed by atoms with van der Waals surface area (Å²) >= 11 is 0. The van der Waals surface area contributed by atoms with Crippen LogP contribution in [-0.4, -0.2) is 11.9 Å². The first-order chi connectivity index (χ1) is 9.63. The fraction of sp³-hybridized carbons (Fsp3) is 0.235. The highest BCUT2D eigenvalue weighted by Crippen LogP contribution is 2.37. The molecule has 0 bridgehead atoms. The molecule has 1 atom stereocenters. The summed E-state index contributed by atoms with van der Waals surface area (Å²) in [6.45, 7) is 1.83. The van der Waals surface area contributed by atoms with Crippen LogP contribution in [0.5, 0.6) is 0 Å². The SMILES string of the molecule is CC(N)CC(=O)Nc1ccc2c(c1)Cc1ccccc1-2. The molecule has 1 unspecified atom stereocenters. The molecule has 0 heterocycles. The third-order valence-corrected chi connectivity index (χ3v) is 3.58. The Morgan fingerprint density at radius 1 is 1.20 bits per heavy atom. The van der Waals surface area contributed by atoms with E-state index in [-0.39, 0.29) is 11.9 Å². The lowest BCUT2D eigenvalue weighted by Crippen LogP contribution is -2.23. The molecule has 3 heteroatoms. The van der Waals surface area contributed by atoms with E-state index in [2.05, 4.69) is 41.7 Å². The molecule has 0 saturated carbocycles. The molecule has 0 fully saturated rings.